The first-order valence-electron chi connectivity index (χ1n) is 13.3. The monoisotopic (exact) mass is 572 g/mol. The molecule has 1 aromatic heterocycles. The molecule has 9 heteroatoms. The van der Waals surface area contributed by atoms with E-state index in [0.29, 0.717) is 28.1 Å². The van der Waals surface area contributed by atoms with Crippen LogP contribution in [0.5, 0.6) is 5.75 Å². The van der Waals surface area contributed by atoms with E-state index in [2.05, 4.69) is 4.98 Å². The van der Waals surface area contributed by atoms with Gasteiger partial charge in [-0.05, 0) is 71.1 Å². The lowest BCUT2D eigenvalue weighted by Crippen LogP contribution is -2.17. The van der Waals surface area contributed by atoms with E-state index >= 15 is 0 Å². The zero-order chi connectivity index (χ0) is 30.0. The van der Waals surface area contributed by atoms with Crippen LogP contribution in [0, 0.1) is 17.5 Å². The molecular weight excluding hydrogens is 545 g/mol. The molecular formula is C33H27F3N2O4. The van der Waals surface area contributed by atoms with Gasteiger partial charge in [-0.1, -0.05) is 18.2 Å². The van der Waals surface area contributed by atoms with Crippen LogP contribution in [0.1, 0.15) is 57.4 Å². The predicted octanol–water partition coefficient (Wildman–Crippen LogP) is 5.86. The lowest BCUT2D eigenvalue weighted by atomic mass is 9.84. The average Bonchev–Trinajstić information content (AvgIpc) is 3.25. The Balaban J connectivity index is 1.50. The number of pyridine rings is 1. The second-order valence-corrected chi connectivity index (χ2v) is 10.4. The lowest BCUT2D eigenvalue weighted by Gasteiger charge is -2.21. The van der Waals surface area contributed by atoms with E-state index in [1.165, 1.54) is 37.6 Å². The second kappa shape index (κ2) is 12.0. The third kappa shape index (κ3) is 6.10. The number of Topliss-reactive ketones (excluding diaryl/α,β-unsaturated/α-hetero) is 2. The zero-order valence-corrected chi connectivity index (χ0v) is 22.7. The van der Waals surface area contributed by atoms with Crippen molar-refractivity contribution >= 4 is 17.5 Å². The molecule has 6 nitrogen and oxygen atoms in total. The highest BCUT2D eigenvalue weighted by atomic mass is 19.1. The number of nitrogens with two attached hydrogens (primary N) is 1. The van der Waals surface area contributed by atoms with Crippen molar-refractivity contribution in [2.75, 3.05) is 7.11 Å². The van der Waals surface area contributed by atoms with Gasteiger partial charge in [0, 0.05) is 43.0 Å². The topological polar surface area (TPSA) is 99.3 Å². The zero-order valence-electron chi connectivity index (χ0n) is 22.7. The van der Waals surface area contributed by atoms with E-state index in [0.717, 1.165) is 23.3 Å². The minimum absolute atomic E-state index is 0.0449. The first-order chi connectivity index (χ1) is 20.1. The maximum Gasteiger partial charge on any atom is 0.251 e. The van der Waals surface area contributed by atoms with Gasteiger partial charge in [-0.3, -0.25) is 19.4 Å². The Morgan fingerprint density at radius 2 is 1.79 bits per heavy atom. The van der Waals surface area contributed by atoms with Crippen molar-refractivity contribution in [1.82, 2.24) is 4.98 Å². The van der Waals surface area contributed by atoms with Crippen molar-refractivity contribution in [2.45, 2.75) is 37.5 Å². The normalized spacial score (nSPS) is 14.9. The number of benzene rings is 3. The molecule has 0 spiro atoms. The molecule has 42 heavy (non-hydrogen) atoms. The molecule has 2 N–H and O–H groups in total. The molecule has 1 aliphatic rings. The second-order valence-electron chi connectivity index (χ2n) is 10.4. The highest BCUT2D eigenvalue weighted by Gasteiger charge is 2.33. The van der Waals surface area contributed by atoms with Crippen LogP contribution in [-0.4, -0.2) is 29.6 Å². The lowest BCUT2D eigenvalue weighted by molar-refractivity contribution is -0.124. The van der Waals surface area contributed by atoms with Gasteiger partial charge in [0.05, 0.1) is 24.3 Å². The Bertz CT molecular complexity index is 1680. The fraction of sp³-hybridized carbons (Fsp3) is 0.212. The summed E-state index contributed by atoms with van der Waals surface area (Å²) in [5.74, 6) is -4.19. The summed E-state index contributed by atoms with van der Waals surface area (Å²) in [7, 11) is 1.54. The Hall–Kier alpha value is -4.79. The van der Waals surface area contributed by atoms with E-state index < -0.39 is 35.2 Å². The van der Waals surface area contributed by atoms with Gasteiger partial charge in [0.25, 0.3) is 5.91 Å². The van der Waals surface area contributed by atoms with Crippen LogP contribution in [0.3, 0.4) is 0 Å². The van der Waals surface area contributed by atoms with Crippen LogP contribution in [0.15, 0.2) is 72.9 Å². The summed E-state index contributed by atoms with van der Waals surface area (Å²) in [4.78, 5) is 42.8. The number of ketones is 2. The molecule has 2 atom stereocenters. The predicted molar refractivity (Wildman–Crippen MR) is 150 cm³/mol. The number of primary amides is 1. The number of methoxy groups -OCH3 is 1. The van der Waals surface area contributed by atoms with E-state index in [-0.39, 0.29) is 42.8 Å². The first-order valence-corrected chi connectivity index (χ1v) is 13.3. The molecule has 0 aliphatic heterocycles. The summed E-state index contributed by atoms with van der Waals surface area (Å²) in [5, 5.41) is 0. The van der Waals surface area contributed by atoms with Crippen LogP contribution in [0.4, 0.5) is 13.2 Å². The van der Waals surface area contributed by atoms with E-state index in [1.54, 1.807) is 30.3 Å². The van der Waals surface area contributed by atoms with Gasteiger partial charge in [-0.25, -0.2) is 13.2 Å². The Morgan fingerprint density at radius 3 is 2.50 bits per heavy atom. The van der Waals surface area contributed by atoms with Crippen molar-refractivity contribution in [3.63, 3.8) is 0 Å². The van der Waals surface area contributed by atoms with Crippen molar-refractivity contribution < 1.29 is 32.3 Å². The number of carbonyl (C=O) groups excluding carboxylic acids is 3. The van der Waals surface area contributed by atoms with E-state index in [4.69, 9.17) is 10.5 Å². The molecule has 0 fully saturated rings. The van der Waals surface area contributed by atoms with Crippen LogP contribution in [0.2, 0.25) is 0 Å². The number of amides is 1. The molecule has 4 aromatic rings. The maximum atomic E-state index is 14.2. The molecule has 1 heterocycles. The van der Waals surface area contributed by atoms with Gasteiger partial charge in [0.15, 0.2) is 0 Å². The number of carbonyl (C=O) groups is 3. The minimum Gasteiger partial charge on any atom is -0.497 e. The summed E-state index contributed by atoms with van der Waals surface area (Å²) in [6, 6.07) is 15.7. The number of ether oxygens (including phenoxy) is 1. The third-order valence-electron chi connectivity index (χ3n) is 7.56. The van der Waals surface area contributed by atoms with Gasteiger partial charge >= 0.3 is 0 Å². The molecule has 1 aliphatic carbocycles. The molecule has 0 saturated heterocycles. The molecule has 5 rings (SSSR count). The first kappa shape index (κ1) is 28.7. The van der Waals surface area contributed by atoms with E-state index in [1.807, 2.05) is 0 Å². The number of hydrogen-bond acceptors (Lipinski definition) is 5. The fourth-order valence-electron chi connectivity index (χ4n) is 5.64. The molecule has 1 unspecified atom stereocenters. The van der Waals surface area contributed by atoms with Gasteiger partial charge in [0.1, 0.15) is 34.8 Å². The van der Waals surface area contributed by atoms with Gasteiger partial charge in [0.2, 0.25) is 0 Å². The SMILES string of the molecule is COc1ccc2c(c1)CC(=O)C2CC(=O)C[C@@H](Cc1cc(F)cc(F)c1)c1ncccc1-c1ccc(F)c(C(N)=O)c1. The fourth-order valence-corrected chi connectivity index (χ4v) is 5.64. The number of hydrogen-bond donors (Lipinski definition) is 1. The van der Waals surface area contributed by atoms with Gasteiger partial charge in [-0.2, -0.15) is 0 Å². The Morgan fingerprint density at radius 1 is 1.02 bits per heavy atom. The Labute approximate surface area is 240 Å². The quantitative estimate of drug-likeness (QED) is 0.257. The standard InChI is InChI=1S/C33H27F3N2O4/c1-42-25-5-6-26-20(13-25)15-31(40)28(26)17-24(39)12-21(9-18-10-22(34)16-23(35)11-18)32-27(3-2-8-38-32)19-4-7-30(36)29(14-19)33(37)41/h2-8,10-11,13-14,16,21,28H,9,12,15,17H2,1H3,(H2,37,41)/t21-,28?/m1/s1. The van der Waals surface area contributed by atoms with Crippen LogP contribution in [0.25, 0.3) is 11.1 Å². The minimum atomic E-state index is -0.944. The maximum absolute atomic E-state index is 14.2. The molecule has 0 radical (unpaired) electrons. The highest BCUT2D eigenvalue weighted by Crippen LogP contribution is 2.38. The molecule has 3 aromatic carbocycles. The number of halogens is 3. The highest BCUT2D eigenvalue weighted by molar-refractivity contribution is 5.97. The molecule has 1 amide bonds. The number of fused-ring (bicyclic) bond motifs is 1. The smallest absolute Gasteiger partial charge is 0.251 e. The summed E-state index contributed by atoms with van der Waals surface area (Å²) >= 11 is 0. The van der Waals surface area contributed by atoms with Crippen molar-refractivity contribution in [2.24, 2.45) is 5.73 Å². The summed E-state index contributed by atoms with van der Waals surface area (Å²) in [5.41, 5.74) is 8.31. The summed E-state index contributed by atoms with van der Waals surface area (Å²) in [6.07, 6.45) is 1.65. The van der Waals surface area contributed by atoms with Gasteiger partial charge < -0.3 is 10.5 Å². The largest absolute Gasteiger partial charge is 0.497 e. The van der Waals surface area contributed by atoms with Crippen LogP contribution in [-0.2, 0) is 22.4 Å². The number of aromatic nitrogens is 1. The number of rotatable bonds is 10. The van der Waals surface area contributed by atoms with E-state index in [9.17, 15) is 27.6 Å². The third-order valence-corrected chi connectivity index (χ3v) is 7.56. The molecule has 0 saturated carbocycles. The number of nitrogens with zero attached hydrogens (tertiary/aromatic N) is 1. The van der Waals surface area contributed by atoms with Crippen LogP contribution >= 0.6 is 0 Å². The Kier molecular flexibility index (Phi) is 8.20. The average molecular weight is 573 g/mol. The van der Waals surface area contributed by atoms with Gasteiger partial charge in [-0.15, -0.1) is 0 Å². The van der Waals surface area contributed by atoms with Crippen LogP contribution < -0.4 is 10.5 Å². The van der Waals surface area contributed by atoms with Crippen molar-refractivity contribution in [3.05, 3.63) is 118 Å². The van der Waals surface area contributed by atoms with Crippen molar-refractivity contribution in [3.8, 4) is 16.9 Å². The molecule has 0 bridgehead atoms. The summed E-state index contributed by atoms with van der Waals surface area (Å²) in [6.45, 7) is 0. The molecule has 214 valence electrons. The summed E-state index contributed by atoms with van der Waals surface area (Å²) < 4.78 is 47.7. The van der Waals surface area contributed by atoms with Crippen molar-refractivity contribution in [1.29, 1.82) is 0 Å².